The highest BCUT2D eigenvalue weighted by molar-refractivity contribution is 7.92. The van der Waals surface area contributed by atoms with E-state index < -0.39 is 28.5 Å². The first-order valence-corrected chi connectivity index (χ1v) is 16.1. The molecule has 0 unspecified atom stereocenters. The van der Waals surface area contributed by atoms with Crippen LogP contribution in [0.4, 0.5) is 5.69 Å². The van der Waals surface area contributed by atoms with E-state index in [9.17, 15) is 18.0 Å². The lowest BCUT2D eigenvalue weighted by molar-refractivity contribution is -0.139. The number of nitrogens with zero attached hydrogens (tertiary/aromatic N) is 2. The van der Waals surface area contributed by atoms with Crippen LogP contribution in [0.2, 0.25) is 5.02 Å². The van der Waals surface area contributed by atoms with Crippen molar-refractivity contribution in [2.75, 3.05) is 45.8 Å². The number of amides is 2. The Kier molecular flexibility index (Phi) is 12.7. The summed E-state index contributed by atoms with van der Waals surface area (Å²) in [6.07, 6.45) is 1.65. The van der Waals surface area contributed by atoms with E-state index in [-0.39, 0.29) is 39.6 Å². The molecule has 2 amide bonds. The summed E-state index contributed by atoms with van der Waals surface area (Å²) in [5.74, 6) is 0.241. The number of sulfonamides is 1. The van der Waals surface area contributed by atoms with Gasteiger partial charge in [0.05, 0.1) is 39.0 Å². The average Bonchev–Trinajstić information content (AvgIpc) is 3.05. The third-order valence-electron chi connectivity index (χ3n) is 7.12. The Morgan fingerprint density at radius 1 is 0.889 bits per heavy atom. The molecule has 3 aromatic rings. The van der Waals surface area contributed by atoms with Gasteiger partial charge < -0.3 is 29.2 Å². The molecule has 3 aromatic carbocycles. The second-order valence-electron chi connectivity index (χ2n) is 10.0. The van der Waals surface area contributed by atoms with Crippen LogP contribution in [-0.2, 0) is 26.2 Å². The minimum absolute atomic E-state index is 0.00925. The van der Waals surface area contributed by atoms with Crippen molar-refractivity contribution in [2.45, 2.75) is 44.2 Å². The first-order chi connectivity index (χ1) is 21.5. The van der Waals surface area contributed by atoms with Gasteiger partial charge in [-0.05, 0) is 61.4 Å². The molecule has 0 spiro atoms. The first kappa shape index (κ1) is 35.3. The van der Waals surface area contributed by atoms with Crippen LogP contribution in [0.3, 0.4) is 0 Å². The van der Waals surface area contributed by atoms with E-state index in [0.717, 1.165) is 17.1 Å². The molecule has 1 N–H and O–H groups in total. The molecule has 13 heteroatoms. The molecule has 3 rings (SSSR count). The van der Waals surface area contributed by atoms with E-state index in [4.69, 9.17) is 30.5 Å². The number of carbonyl (C=O) groups excluding carboxylic acids is 2. The smallest absolute Gasteiger partial charge is 0.265 e. The Balaban J connectivity index is 2.13. The zero-order valence-electron chi connectivity index (χ0n) is 26.3. The van der Waals surface area contributed by atoms with Crippen molar-refractivity contribution in [1.82, 2.24) is 10.2 Å². The highest BCUT2D eigenvalue weighted by Gasteiger charge is 2.34. The van der Waals surface area contributed by atoms with E-state index >= 15 is 0 Å². The van der Waals surface area contributed by atoms with Crippen LogP contribution >= 0.6 is 11.6 Å². The lowest BCUT2D eigenvalue weighted by atomic mass is 10.1. The molecule has 0 aromatic heterocycles. The number of methoxy groups -OCH3 is 4. The number of nitrogens with one attached hydrogen (secondary N) is 1. The fourth-order valence-electron chi connectivity index (χ4n) is 4.56. The lowest BCUT2D eigenvalue weighted by Crippen LogP contribution is -2.51. The summed E-state index contributed by atoms with van der Waals surface area (Å²) in [5.41, 5.74) is 0.722. The second-order valence-corrected chi connectivity index (χ2v) is 12.3. The van der Waals surface area contributed by atoms with Crippen molar-refractivity contribution in [1.29, 1.82) is 0 Å². The fraction of sp³-hybridized carbons (Fsp3) is 0.375. The van der Waals surface area contributed by atoms with E-state index in [1.54, 1.807) is 37.3 Å². The predicted molar refractivity (Wildman–Crippen MR) is 173 cm³/mol. The van der Waals surface area contributed by atoms with Crippen molar-refractivity contribution in [3.8, 4) is 23.0 Å². The maximum atomic E-state index is 14.3. The molecule has 0 radical (unpaired) electrons. The van der Waals surface area contributed by atoms with Crippen LogP contribution < -0.4 is 28.6 Å². The minimum atomic E-state index is -4.45. The molecular weight excluding hydrogens is 622 g/mol. The van der Waals surface area contributed by atoms with E-state index in [1.807, 2.05) is 6.92 Å². The number of ether oxygens (including phenoxy) is 4. The monoisotopic (exact) mass is 661 g/mol. The van der Waals surface area contributed by atoms with Gasteiger partial charge in [-0.15, -0.1) is 0 Å². The Morgan fingerprint density at radius 3 is 2.22 bits per heavy atom. The number of hydrogen-bond acceptors (Lipinski definition) is 8. The van der Waals surface area contributed by atoms with Crippen LogP contribution in [0.5, 0.6) is 23.0 Å². The minimum Gasteiger partial charge on any atom is -0.497 e. The van der Waals surface area contributed by atoms with Crippen molar-refractivity contribution < 1.29 is 37.0 Å². The van der Waals surface area contributed by atoms with Crippen LogP contribution in [0, 0.1) is 0 Å². The van der Waals surface area contributed by atoms with Gasteiger partial charge in [0.25, 0.3) is 10.0 Å². The van der Waals surface area contributed by atoms with Crippen LogP contribution in [-0.4, -0.2) is 72.7 Å². The van der Waals surface area contributed by atoms with Crippen molar-refractivity contribution in [3.05, 3.63) is 71.2 Å². The van der Waals surface area contributed by atoms with Crippen molar-refractivity contribution in [3.63, 3.8) is 0 Å². The summed E-state index contributed by atoms with van der Waals surface area (Å²) in [7, 11) is 1.29. The summed E-state index contributed by atoms with van der Waals surface area (Å²) < 4.78 is 51.0. The molecule has 1 atom stereocenters. The summed E-state index contributed by atoms with van der Waals surface area (Å²) in [4.78, 5) is 28.6. The SMILES string of the molecule is CCCCNC(=O)[C@H](C)N(Cc1cccc(OC)c1)C(=O)CN(c1cc(Cl)ccc1OC)S(=O)(=O)c1ccc(OC)c(OC)c1. The van der Waals surface area contributed by atoms with Gasteiger partial charge in [0.15, 0.2) is 11.5 Å². The number of benzene rings is 3. The molecule has 0 heterocycles. The van der Waals surface area contributed by atoms with Gasteiger partial charge in [0, 0.05) is 24.2 Å². The molecule has 0 saturated carbocycles. The summed E-state index contributed by atoms with van der Waals surface area (Å²) >= 11 is 6.31. The van der Waals surface area contributed by atoms with Gasteiger partial charge in [-0.2, -0.15) is 0 Å². The molecule has 244 valence electrons. The topological polar surface area (TPSA) is 124 Å². The van der Waals surface area contributed by atoms with E-state index in [2.05, 4.69) is 5.32 Å². The molecule has 11 nitrogen and oxygen atoms in total. The standard InChI is InChI=1S/C32H40ClN3O8S/c1-7-8-16-34-32(38)22(2)35(20-23-10-9-11-25(17-23)41-3)31(37)21-36(27-18-24(33)12-14-28(27)42-4)45(39,40)26-13-15-29(43-5)30(19-26)44-6/h9-15,17-19,22H,7-8,16,20-21H2,1-6H3,(H,34,38)/t22-/m0/s1. The third-order valence-corrected chi connectivity index (χ3v) is 9.11. The molecular formula is C32H40ClN3O8S. The van der Waals surface area contributed by atoms with Crippen molar-refractivity contribution >= 4 is 39.1 Å². The van der Waals surface area contributed by atoms with Gasteiger partial charge in [-0.25, -0.2) is 8.42 Å². The first-order valence-electron chi connectivity index (χ1n) is 14.3. The van der Waals surface area contributed by atoms with Gasteiger partial charge in [0.1, 0.15) is 24.1 Å². The van der Waals surface area contributed by atoms with Crippen molar-refractivity contribution in [2.24, 2.45) is 0 Å². The molecule has 0 aliphatic heterocycles. The van der Waals surface area contributed by atoms with Gasteiger partial charge >= 0.3 is 0 Å². The van der Waals surface area contributed by atoms with Crippen LogP contribution in [0.1, 0.15) is 32.3 Å². The molecule has 0 bridgehead atoms. The highest BCUT2D eigenvalue weighted by atomic mass is 35.5. The maximum Gasteiger partial charge on any atom is 0.265 e. The Labute approximate surface area is 270 Å². The van der Waals surface area contributed by atoms with Crippen LogP contribution in [0.15, 0.2) is 65.6 Å². The van der Waals surface area contributed by atoms with Crippen LogP contribution in [0.25, 0.3) is 0 Å². The summed E-state index contributed by atoms with van der Waals surface area (Å²) in [6.45, 7) is 3.39. The summed E-state index contributed by atoms with van der Waals surface area (Å²) in [6, 6.07) is 14.7. The largest absolute Gasteiger partial charge is 0.497 e. The molecule has 0 aliphatic rings. The lowest BCUT2D eigenvalue weighted by Gasteiger charge is -2.32. The van der Waals surface area contributed by atoms with E-state index in [0.29, 0.717) is 23.6 Å². The second kappa shape index (κ2) is 16.2. The number of carbonyl (C=O) groups is 2. The number of hydrogen-bond donors (Lipinski definition) is 1. The number of unbranched alkanes of at least 4 members (excludes halogenated alkanes) is 1. The number of anilines is 1. The number of rotatable bonds is 16. The molecule has 0 fully saturated rings. The fourth-order valence-corrected chi connectivity index (χ4v) is 6.16. The molecule has 0 aliphatic carbocycles. The quantitative estimate of drug-likeness (QED) is 0.215. The van der Waals surface area contributed by atoms with Gasteiger partial charge in [-0.3, -0.25) is 13.9 Å². The highest BCUT2D eigenvalue weighted by Crippen LogP contribution is 2.37. The number of halogens is 1. The maximum absolute atomic E-state index is 14.3. The van der Waals surface area contributed by atoms with Gasteiger partial charge in [-0.1, -0.05) is 37.1 Å². The van der Waals surface area contributed by atoms with Gasteiger partial charge in [0.2, 0.25) is 11.8 Å². The summed E-state index contributed by atoms with van der Waals surface area (Å²) in [5, 5.41) is 3.09. The third kappa shape index (κ3) is 8.73. The Hall–Kier alpha value is -4.16. The van der Waals surface area contributed by atoms with E-state index in [1.165, 1.54) is 63.7 Å². The molecule has 0 saturated heterocycles. The predicted octanol–water partition coefficient (Wildman–Crippen LogP) is 4.90. The zero-order chi connectivity index (χ0) is 33.1. The Morgan fingerprint density at radius 2 is 1.58 bits per heavy atom. The Bertz CT molecular complexity index is 1580. The normalized spacial score (nSPS) is 11.7. The zero-order valence-corrected chi connectivity index (χ0v) is 27.9. The average molecular weight is 662 g/mol. The molecule has 45 heavy (non-hydrogen) atoms.